The average Bonchev–Trinajstić information content (AvgIpc) is 2.69. The fourth-order valence-corrected chi connectivity index (χ4v) is 5.53. The highest BCUT2D eigenvalue weighted by molar-refractivity contribution is 6.63. The second-order valence-electron chi connectivity index (χ2n) is 6.86. The topological polar surface area (TPSA) is 27.7 Å². The van der Waals surface area contributed by atoms with E-state index >= 15 is 0 Å². The normalized spacial score (nSPS) is 11.2. The Morgan fingerprint density at radius 1 is 0.593 bits per heavy atom. The number of hydrogen-bond acceptors (Lipinski definition) is 3. The molecule has 0 amide bonds. The minimum absolute atomic E-state index is 0.523. The molecule has 4 heteroatoms. The van der Waals surface area contributed by atoms with Crippen molar-refractivity contribution in [3.8, 4) is 17.2 Å². The zero-order valence-corrected chi connectivity index (χ0v) is 16.9. The standard InChI is InChI=1S/C23H26O3Si/c1-20(2)18-19-27(24-21-12-6-3-7-13-21,25-22-14-8-4-9-15-22)26-23-16-10-5-11-17-23/h3-17,20H,18-19H2,1-2H3. The number of para-hydroxylation sites is 3. The van der Waals surface area contributed by atoms with Crippen molar-refractivity contribution < 1.29 is 13.3 Å². The molecule has 0 radical (unpaired) electrons. The van der Waals surface area contributed by atoms with Crippen LogP contribution in [0.25, 0.3) is 0 Å². The van der Waals surface area contributed by atoms with E-state index in [-0.39, 0.29) is 0 Å². The van der Waals surface area contributed by atoms with Gasteiger partial charge >= 0.3 is 8.80 Å². The Bertz CT molecular complexity index is 690. The third-order valence-electron chi connectivity index (χ3n) is 4.08. The molecule has 0 aliphatic carbocycles. The minimum Gasteiger partial charge on any atom is -0.483 e. The molecule has 0 aromatic heterocycles. The highest BCUT2D eigenvalue weighted by atomic mass is 28.4. The summed E-state index contributed by atoms with van der Waals surface area (Å²) >= 11 is 0. The van der Waals surface area contributed by atoms with Crippen LogP contribution in [0, 0.1) is 5.92 Å². The Hall–Kier alpha value is -2.72. The van der Waals surface area contributed by atoms with Crippen LogP contribution in [0.15, 0.2) is 91.0 Å². The molecule has 0 fully saturated rings. The minimum atomic E-state index is -3.08. The Morgan fingerprint density at radius 3 is 1.22 bits per heavy atom. The van der Waals surface area contributed by atoms with E-state index in [1.165, 1.54) is 0 Å². The summed E-state index contributed by atoms with van der Waals surface area (Å²) in [6.07, 6.45) is 0.957. The van der Waals surface area contributed by atoms with Gasteiger partial charge in [-0.1, -0.05) is 68.4 Å². The second kappa shape index (κ2) is 9.28. The summed E-state index contributed by atoms with van der Waals surface area (Å²) in [6.45, 7) is 4.40. The summed E-state index contributed by atoms with van der Waals surface area (Å²) in [5.41, 5.74) is 0. The Kier molecular flexibility index (Phi) is 6.55. The maximum atomic E-state index is 6.45. The van der Waals surface area contributed by atoms with Crippen molar-refractivity contribution in [3.63, 3.8) is 0 Å². The van der Waals surface area contributed by atoms with Crippen molar-refractivity contribution in [3.05, 3.63) is 91.0 Å². The van der Waals surface area contributed by atoms with Crippen molar-refractivity contribution in [2.45, 2.75) is 26.3 Å². The van der Waals surface area contributed by atoms with Crippen LogP contribution in [-0.4, -0.2) is 8.80 Å². The largest absolute Gasteiger partial charge is 0.699 e. The van der Waals surface area contributed by atoms with Crippen molar-refractivity contribution in [2.75, 3.05) is 0 Å². The summed E-state index contributed by atoms with van der Waals surface area (Å²) < 4.78 is 19.4. The van der Waals surface area contributed by atoms with E-state index in [2.05, 4.69) is 13.8 Å². The molecular weight excluding hydrogens is 352 g/mol. The molecule has 140 valence electrons. The fourth-order valence-electron chi connectivity index (χ4n) is 2.69. The molecule has 0 atom stereocenters. The lowest BCUT2D eigenvalue weighted by molar-refractivity contribution is 0.256. The van der Waals surface area contributed by atoms with Crippen molar-refractivity contribution in [1.29, 1.82) is 0 Å². The van der Waals surface area contributed by atoms with Gasteiger partial charge in [-0.15, -0.1) is 0 Å². The molecule has 0 bridgehead atoms. The summed E-state index contributed by atoms with van der Waals surface area (Å²) in [5, 5.41) is 0. The van der Waals surface area contributed by atoms with Gasteiger partial charge in [-0.25, -0.2) is 0 Å². The van der Waals surface area contributed by atoms with Crippen LogP contribution in [0.5, 0.6) is 17.2 Å². The van der Waals surface area contributed by atoms with Crippen LogP contribution in [0.3, 0.4) is 0 Å². The lowest BCUT2D eigenvalue weighted by atomic mass is 10.2. The van der Waals surface area contributed by atoms with Gasteiger partial charge in [0.25, 0.3) is 0 Å². The van der Waals surface area contributed by atoms with Gasteiger partial charge in [0.15, 0.2) is 0 Å². The van der Waals surface area contributed by atoms with Gasteiger partial charge in [0.2, 0.25) is 0 Å². The lowest BCUT2D eigenvalue weighted by Crippen LogP contribution is -2.55. The fraction of sp³-hybridized carbons (Fsp3) is 0.217. The SMILES string of the molecule is CC(C)CC[Si](Oc1ccccc1)(Oc1ccccc1)Oc1ccccc1. The summed E-state index contributed by atoms with van der Waals surface area (Å²) in [5.74, 6) is 2.81. The van der Waals surface area contributed by atoms with E-state index in [4.69, 9.17) is 13.3 Å². The summed E-state index contributed by atoms with van der Waals surface area (Å²) in [7, 11) is -3.08. The third kappa shape index (κ3) is 5.90. The molecule has 3 aromatic carbocycles. The van der Waals surface area contributed by atoms with E-state index in [1.54, 1.807) is 0 Å². The van der Waals surface area contributed by atoms with Crippen molar-refractivity contribution in [1.82, 2.24) is 0 Å². The molecule has 3 nitrogen and oxygen atoms in total. The van der Waals surface area contributed by atoms with Crippen molar-refractivity contribution in [2.24, 2.45) is 5.92 Å². The van der Waals surface area contributed by atoms with Crippen LogP contribution in [-0.2, 0) is 0 Å². The molecule has 0 aliphatic rings. The zero-order chi connectivity index (χ0) is 19.0. The van der Waals surface area contributed by atoms with E-state index < -0.39 is 8.80 Å². The molecule has 0 heterocycles. The molecule has 0 saturated carbocycles. The van der Waals surface area contributed by atoms with E-state index in [9.17, 15) is 0 Å². The monoisotopic (exact) mass is 378 g/mol. The van der Waals surface area contributed by atoms with Crippen LogP contribution >= 0.6 is 0 Å². The van der Waals surface area contributed by atoms with E-state index in [1.807, 2.05) is 91.0 Å². The maximum Gasteiger partial charge on any atom is 0.699 e. The van der Waals surface area contributed by atoms with Gasteiger partial charge in [0, 0.05) is 0 Å². The van der Waals surface area contributed by atoms with Gasteiger partial charge in [-0.3, -0.25) is 0 Å². The first kappa shape index (κ1) is 19.0. The highest BCUT2D eigenvalue weighted by Gasteiger charge is 2.49. The van der Waals surface area contributed by atoms with E-state index in [0.29, 0.717) is 5.92 Å². The molecule has 27 heavy (non-hydrogen) atoms. The Labute approximate surface area is 162 Å². The molecular formula is C23H26O3Si. The first-order chi connectivity index (χ1) is 13.2. The Balaban J connectivity index is 1.95. The smallest absolute Gasteiger partial charge is 0.483 e. The van der Waals surface area contributed by atoms with Crippen LogP contribution in [0.4, 0.5) is 0 Å². The van der Waals surface area contributed by atoms with Crippen LogP contribution in [0.1, 0.15) is 20.3 Å². The summed E-state index contributed by atoms with van der Waals surface area (Å²) in [4.78, 5) is 0. The average molecular weight is 379 g/mol. The second-order valence-corrected chi connectivity index (χ2v) is 9.34. The molecule has 0 spiro atoms. The first-order valence-corrected chi connectivity index (χ1v) is 11.3. The quantitative estimate of drug-likeness (QED) is 0.414. The molecule has 0 unspecified atom stereocenters. The molecule has 0 saturated heterocycles. The molecule has 0 aliphatic heterocycles. The van der Waals surface area contributed by atoms with Crippen LogP contribution in [0.2, 0.25) is 6.04 Å². The highest BCUT2D eigenvalue weighted by Crippen LogP contribution is 2.28. The predicted molar refractivity (Wildman–Crippen MR) is 111 cm³/mol. The third-order valence-corrected chi connectivity index (χ3v) is 6.62. The predicted octanol–water partition coefficient (Wildman–Crippen LogP) is 6.21. The van der Waals surface area contributed by atoms with Gasteiger partial charge in [0.1, 0.15) is 17.2 Å². The van der Waals surface area contributed by atoms with Gasteiger partial charge in [-0.2, -0.15) is 0 Å². The molecule has 3 aromatic rings. The zero-order valence-electron chi connectivity index (χ0n) is 15.9. The molecule has 0 N–H and O–H groups in total. The van der Waals surface area contributed by atoms with Crippen LogP contribution < -0.4 is 13.3 Å². The number of benzene rings is 3. The van der Waals surface area contributed by atoms with Gasteiger partial charge < -0.3 is 13.3 Å². The number of rotatable bonds is 9. The molecule has 3 rings (SSSR count). The lowest BCUT2D eigenvalue weighted by Gasteiger charge is -2.31. The summed E-state index contributed by atoms with van der Waals surface area (Å²) in [6, 6.07) is 30.1. The Morgan fingerprint density at radius 2 is 0.926 bits per heavy atom. The van der Waals surface area contributed by atoms with Crippen molar-refractivity contribution >= 4 is 8.80 Å². The van der Waals surface area contributed by atoms with Gasteiger partial charge in [-0.05, 0) is 48.7 Å². The van der Waals surface area contributed by atoms with E-state index in [0.717, 1.165) is 29.7 Å². The van der Waals surface area contributed by atoms with Gasteiger partial charge in [0.05, 0.1) is 6.04 Å². The maximum absolute atomic E-state index is 6.45. The first-order valence-electron chi connectivity index (χ1n) is 9.37. The number of hydrogen-bond donors (Lipinski definition) is 0.